The van der Waals surface area contributed by atoms with E-state index in [-0.39, 0.29) is 18.2 Å². The van der Waals surface area contributed by atoms with Crippen molar-refractivity contribution in [1.29, 1.82) is 0 Å². The summed E-state index contributed by atoms with van der Waals surface area (Å²) in [6.07, 6.45) is 0.782. The van der Waals surface area contributed by atoms with Crippen LogP contribution in [0.4, 0.5) is 0 Å². The second kappa shape index (κ2) is 8.85. The number of carbonyl (C=O) groups excluding carboxylic acids is 2. The van der Waals surface area contributed by atoms with Crippen molar-refractivity contribution >= 4 is 11.9 Å². The minimum atomic E-state index is -0.603. The monoisotopic (exact) mass is 337 g/mol. The van der Waals surface area contributed by atoms with Crippen LogP contribution in [0.5, 0.6) is 0 Å². The van der Waals surface area contributed by atoms with Crippen LogP contribution in [0.15, 0.2) is 0 Å². The van der Waals surface area contributed by atoms with Crippen LogP contribution in [-0.4, -0.2) is 34.8 Å². The third kappa shape index (κ3) is 5.65. The van der Waals surface area contributed by atoms with Gasteiger partial charge in [0.25, 0.3) is 0 Å². The molecule has 1 unspecified atom stereocenters. The van der Waals surface area contributed by atoms with E-state index in [0.29, 0.717) is 12.3 Å². The zero-order valence-electron chi connectivity index (χ0n) is 16.0. The Balaban J connectivity index is 2.83. The molecule has 1 N–H and O–H groups in total. The van der Waals surface area contributed by atoms with Gasteiger partial charge in [0.2, 0.25) is 5.91 Å². The number of hydrogen-bond acceptors (Lipinski definition) is 4. The topological polar surface area (TPSA) is 73.2 Å². The number of ether oxygens (including phenoxy) is 1. The Bertz CT molecular complexity index is 576. The maximum absolute atomic E-state index is 12.4. The first-order valence-electron chi connectivity index (χ1n) is 8.55. The molecule has 0 fully saturated rings. The van der Waals surface area contributed by atoms with Crippen LogP contribution >= 0.6 is 0 Å². The summed E-state index contributed by atoms with van der Waals surface area (Å²) in [4.78, 5) is 24.2. The second-order valence-electron chi connectivity index (χ2n) is 7.17. The third-order valence-electron chi connectivity index (χ3n) is 3.93. The minimum absolute atomic E-state index is 0.179. The average Bonchev–Trinajstić information content (AvgIpc) is 2.72. The molecule has 1 aromatic rings. The fraction of sp³-hybridized carbons (Fsp3) is 0.722. The molecule has 0 aromatic carbocycles. The van der Waals surface area contributed by atoms with Gasteiger partial charge in [0, 0.05) is 17.8 Å². The van der Waals surface area contributed by atoms with Gasteiger partial charge in [0.1, 0.15) is 6.04 Å². The lowest BCUT2D eigenvalue weighted by Crippen LogP contribution is -2.43. The van der Waals surface area contributed by atoms with Crippen LogP contribution in [0.3, 0.4) is 0 Å². The zero-order valence-corrected chi connectivity index (χ0v) is 16.0. The summed E-state index contributed by atoms with van der Waals surface area (Å²) in [5.74, 6) is 0.188. The summed E-state index contributed by atoms with van der Waals surface area (Å²) in [5, 5.41) is 7.33. The van der Waals surface area contributed by atoms with Crippen molar-refractivity contribution in [2.24, 2.45) is 11.8 Å². The maximum Gasteiger partial charge on any atom is 0.328 e. The normalized spacial score (nSPS) is 12.5. The Morgan fingerprint density at radius 1 is 1.17 bits per heavy atom. The average molecular weight is 337 g/mol. The Labute approximate surface area is 144 Å². The zero-order chi connectivity index (χ0) is 18.4. The van der Waals surface area contributed by atoms with Crippen LogP contribution in [0.1, 0.15) is 51.1 Å². The van der Waals surface area contributed by atoms with Crippen molar-refractivity contribution in [3.8, 4) is 0 Å². The molecule has 136 valence electrons. The molecular weight excluding hydrogens is 306 g/mol. The van der Waals surface area contributed by atoms with Crippen molar-refractivity contribution in [1.82, 2.24) is 15.1 Å². The summed E-state index contributed by atoms with van der Waals surface area (Å²) in [5.41, 5.74) is 2.80. The number of carbonyl (C=O) groups is 2. The molecule has 1 rings (SSSR count). The molecule has 1 atom stereocenters. The largest absolute Gasteiger partial charge is 0.467 e. The van der Waals surface area contributed by atoms with Gasteiger partial charge in [-0.05, 0) is 32.1 Å². The first kappa shape index (κ1) is 20.2. The smallest absolute Gasteiger partial charge is 0.328 e. The third-order valence-corrected chi connectivity index (χ3v) is 3.93. The molecule has 0 radical (unpaired) electrons. The van der Waals surface area contributed by atoms with Gasteiger partial charge in [-0.15, -0.1) is 0 Å². The molecule has 0 spiro atoms. The fourth-order valence-corrected chi connectivity index (χ4v) is 2.75. The molecule has 0 aliphatic rings. The summed E-state index contributed by atoms with van der Waals surface area (Å²) in [6.45, 7) is 13.0. The quantitative estimate of drug-likeness (QED) is 0.739. The predicted octanol–water partition coefficient (Wildman–Crippen LogP) is 2.40. The number of nitrogens with one attached hydrogen (secondary N) is 1. The second-order valence-corrected chi connectivity index (χ2v) is 7.17. The van der Waals surface area contributed by atoms with E-state index < -0.39 is 12.0 Å². The molecule has 1 aromatic heterocycles. The van der Waals surface area contributed by atoms with E-state index in [1.165, 1.54) is 7.11 Å². The summed E-state index contributed by atoms with van der Waals surface area (Å²) in [7, 11) is 1.34. The molecule has 1 amide bonds. The van der Waals surface area contributed by atoms with Crippen molar-refractivity contribution < 1.29 is 14.3 Å². The van der Waals surface area contributed by atoms with Gasteiger partial charge in [-0.2, -0.15) is 5.10 Å². The van der Waals surface area contributed by atoms with Gasteiger partial charge >= 0.3 is 5.97 Å². The van der Waals surface area contributed by atoms with Crippen LogP contribution in [-0.2, 0) is 27.3 Å². The number of esters is 1. The molecule has 0 saturated carbocycles. The highest BCUT2D eigenvalue weighted by atomic mass is 16.5. The molecule has 1 heterocycles. The molecule has 0 saturated heterocycles. The molecular formula is C18H31N3O3. The van der Waals surface area contributed by atoms with Gasteiger partial charge < -0.3 is 10.1 Å². The van der Waals surface area contributed by atoms with E-state index in [9.17, 15) is 9.59 Å². The van der Waals surface area contributed by atoms with Crippen LogP contribution < -0.4 is 5.32 Å². The number of aryl methyl sites for hydroxylation is 1. The molecule has 6 heteroatoms. The van der Waals surface area contributed by atoms with Gasteiger partial charge in [0.05, 0.1) is 19.2 Å². The van der Waals surface area contributed by atoms with E-state index in [4.69, 9.17) is 4.74 Å². The fourth-order valence-electron chi connectivity index (χ4n) is 2.75. The highest BCUT2D eigenvalue weighted by Crippen LogP contribution is 2.16. The SMILES string of the molecule is COC(=O)C(CC(C)C)NC(=O)Cc1c(C)nn(CC(C)C)c1C. The summed E-state index contributed by atoms with van der Waals surface area (Å²) < 4.78 is 6.74. The first-order chi connectivity index (χ1) is 11.1. The highest BCUT2D eigenvalue weighted by molar-refractivity contribution is 5.85. The Hall–Kier alpha value is -1.85. The van der Waals surface area contributed by atoms with Gasteiger partial charge in [-0.3, -0.25) is 9.48 Å². The molecule has 0 bridgehead atoms. The van der Waals surface area contributed by atoms with Crippen molar-refractivity contribution in [3.05, 3.63) is 17.0 Å². The Kier molecular flexibility index (Phi) is 7.45. The standard InChI is InChI=1S/C18H31N3O3/c1-11(2)8-16(18(23)24-7)19-17(22)9-15-13(5)20-21(14(15)6)10-12(3)4/h11-12,16H,8-10H2,1-7H3,(H,19,22). The van der Waals surface area contributed by atoms with E-state index in [1.54, 1.807) is 0 Å². The number of hydrogen-bond donors (Lipinski definition) is 1. The van der Waals surface area contributed by atoms with E-state index in [1.807, 2.05) is 32.4 Å². The summed E-state index contributed by atoms with van der Waals surface area (Å²) in [6, 6.07) is -0.603. The van der Waals surface area contributed by atoms with E-state index >= 15 is 0 Å². The lowest BCUT2D eigenvalue weighted by molar-refractivity contribution is -0.145. The minimum Gasteiger partial charge on any atom is -0.467 e. The number of methoxy groups -OCH3 is 1. The molecule has 0 aliphatic heterocycles. The lowest BCUT2D eigenvalue weighted by Gasteiger charge is -2.18. The number of nitrogens with zero attached hydrogens (tertiary/aromatic N) is 2. The lowest BCUT2D eigenvalue weighted by atomic mass is 10.0. The van der Waals surface area contributed by atoms with E-state index in [2.05, 4.69) is 24.3 Å². The van der Waals surface area contributed by atoms with Crippen LogP contribution in [0.25, 0.3) is 0 Å². The van der Waals surface area contributed by atoms with Crippen molar-refractivity contribution in [2.75, 3.05) is 7.11 Å². The molecule has 6 nitrogen and oxygen atoms in total. The van der Waals surface area contributed by atoms with Crippen molar-refractivity contribution in [2.45, 2.75) is 67.0 Å². The molecule has 0 aliphatic carbocycles. The van der Waals surface area contributed by atoms with E-state index in [0.717, 1.165) is 23.5 Å². The molecule has 24 heavy (non-hydrogen) atoms. The van der Waals surface area contributed by atoms with Gasteiger partial charge in [-0.1, -0.05) is 27.7 Å². The Morgan fingerprint density at radius 2 is 1.79 bits per heavy atom. The van der Waals surface area contributed by atoms with Crippen LogP contribution in [0, 0.1) is 25.7 Å². The number of amides is 1. The van der Waals surface area contributed by atoms with Crippen molar-refractivity contribution in [3.63, 3.8) is 0 Å². The Morgan fingerprint density at radius 3 is 2.29 bits per heavy atom. The number of rotatable bonds is 8. The summed E-state index contributed by atoms with van der Waals surface area (Å²) >= 11 is 0. The van der Waals surface area contributed by atoms with Gasteiger partial charge in [-0.25, -0.2) is 4.79 Å². The first-order valence-corrected chi connectivity index (χ1v) is 8.55. The van der Waals surface area contributed by atoms with Gasteiger partial charge in [0.15, 0.2) is 0 Å². The number of aromatic nitrogens is 2. The predicted molar refractivity (Wildman–Crippen MR) is 93.6 cm³/mol. The van der Waals surface area contributed by atoms with Crippen LogP contribution in [0.2, 0.25) is 0 Å². The maximum atomic E-state index is 12.4. The highest BCUT2D eigenvalue weighted by Gasteiger charge is 2.24.